The van der Waals surface area contributed by atoms with Crippen molar-refractivity contribution in [1.29, 1.82) is 0 Å². The molecule has 0 aliphatic carbocycles. The van der Waals surface area contributed by atoms with Crippen LogP contribution in [0.1, 0.15) is 0 Å². The maximum Gasteiger partial charge on any atom is 0.0467 e. The quantitative estimate of drug-likeness (QED) is 0.131. The second kappa shape index (κ2) is 16.7. The summed E-state index contributed by atoms with van der Waals surface area (Å²) in [6.07, 6.45) is 0. The fraction of sp³-hybridized carbons (Fsp3) is 0. The summed E-state index contributed by atoms with van der Waals surface area (Å²) in [6.45, 7) is 0. The molecule has 0 fully saturated rings. The average molecular weight is 802 g/mol. The Bertz CT molecular complexity index is 3350. The maximum atomic E-state index is 2.39. The van der Waals surface area contributed by atoms with E-state index >= 15 is 0 Å². The van der Waals surface area contributed by atoms with Gasteiger partial charge in [-0.25, -0.2) is 0 Å². The molecule has 0 N–H and O–H groups in total. The monoisotopic (exact) mass is 801 g/mol. The van der Waals surface area contributed by atoms with Crippen molar-refractivity contribution >= 4 is 38.6 Å². The molecule has 0 amide bonds. The van der Waals surface area contributed by atoms with Gasteiger partial charge < -0.3 is 4.90 Å². The molecule has 0 atom stereocenters. The zero-order valence-corrected chi connectivity index (χ0v) is 34.8. The predicted octanol–water partition coefficient (Wildman–Crippen LogP) is 17.5. The van der Waals surface area contributed by atoms with Gasteiger partial charge in [0.1, 0.15) is 0 Å². The van der Waals surface area contributed by atoms with Gasteiger partial charge in [-0.3, -0.25) is 0 Å². The second-order valence-corrected chi connectivity index (χ2v) is 16.1. The Morgan fingerprint density at radius 3 is 1.29 bits per heavy atom. The third-order valence-corrected chi connectivity index (χ3v) is 12.3. The summed E-state index contributed by atoms with van der Waals surface area (Å²) >= 11 is 0. The fourth-order valence-corrected chi connectivity index (χ4v) is 9.12. The van der Waals surface area contributed by atoms with Crippen molar-refractivity contribution in [1.82, 2.24) is 0 Å². The van der Waals surface area contributed by atoms with E-state index in [1.54, 1.807) is 0 Å². The zero-order chi connectivity index (χ0) is 42.0. The molecule has 1 nitrogen and oxygen atoms in total. The molecule has 0 aromatic heterocycles. The van der Waals surface area contributed by atoms with Crippen molar-refractivity contribution in [3.63, 3.8) is 0 Å². The van der Waals surface area contributed by atoms with Crippen LogP contribution in [0.2, 0.25) is 0 Å². The number of rotatable bonds is 9. The molecule has 0 saturated carbocycles. The van der Waals surface area contributed by atoms with Gasteiger partial charge in [-0.15, -0.1) is 0 Å². The smallest absolute Gasteiger partial charge is 0.0467 e. The normalized spacial score (nSPS) is 11.2. The molecule has 296 valence electrons. The Morgan fingerprint density at radius 1 is 0.190 bits per heavy atom. The molecule has 0 saturated heterocycles. The van der Waals surface area contributed by atoms with E-state index < -0.39 is 0 Å². The van der Waals surface area contributed by atoms with E-state index in [4.69, 9.17) is 0 Å². The highest BCUT2D eigenvalue weighted by atomic mass is 15.1. The van der Waals surface area contributed by atoms with Crippen LogP contribution in [0.15, 0.2) is 261 Å². The molecule has 0 bridgehead atoms. The summed E-state index contributed by atoms with van der Waals surface area (Å²) < 4.78 is 0. The molecule has 0 aliphatic heterocycles. The summed E-state index contributed by atoms with van der Waals surface area (Å²) in [4.78, 5) is 2.39. The van der Waals surface area contributed by atoms with Gasteiger partial charge in [0.05, 0.1) is 0 Å². The minimum Gasteiger partial charge on any atom is -0.310 e. The Morgan fingerprint density at radius 2 is 0.635 bits per heavy atom. The van der Waals surface area contributed by atoms with Crippen LogP contribution in [0.4, 0.5) is 17.1 Å². The van der Waals surface area contributed by atoms with Gasteiger partial charge in [0.25, 0.3) is 0 Å². The van der Waals surface area contributed by atoms with E-state index in [2.05, 4.69) is 266 Å². The summed E-state index contributed by atoms with van der Waals surface area (Å²) in [6, 6.07) is 94.6. The first kappa shape index (κ1) is 37.7. The number of hydrogen-bond acceptors (Lipinski definition) is 1. The summed E-state index contributed by atoms with van der Waals surface area (Å²) in [5.74, 6) is 0. The maximum absolute atomic E-state index is 2.39. The van der Waals surface area contributed by atoms with Crippen LogP contribution < -0.4 is 4.90 Å². The topological polar surface area (TPSA) is 3.24 Å². The van der Waals surface area contributed by atoms with Gasteiger partial charge in [-0.2, -0.15) is 0 Å². The lowest BCUT2D eigenvalue weighted by atomic mass is 9.91. The molecule has 0 aliphatic rings. The van der Waals surface area contributed by atoms with Crippen molar-refractivity contribution in [2.45, 2.75) is 0 Å². The van der Waals surface area contributed by atoms with Crippen molar-refractivity contribution in [2.24, 2.45) is 0 Å². The molecular formula is C62H43N. The van der Waals surface area contributed by atoms with Crippen LogP contribution in [0.25, 0.3) is 88.3 Å². The second-order valence-electron chi connectivity index (χ2n) is 16.1. The zero-order valence-electron chi connectivity index (χ0n) is 34.8. The molecular weight excluding hydrogens is 759 g/mol. The number of fused-ring (bicyclic) bond motifs is 3. The third-order valence-electron chi connectivity index (χ3n) is 12.3. The SMILES string of the molecule is c1ccc(-c2cccc(-c3ccc(N(c4ccc(-c5ccc(-c6ccccc6)cc5-c5ccccc5)cc4)c4cccc(-c5cc6ccccc6c6ccccc56)c4)cc3)c2)cc1. The van der Waals surface area contributed by atoms with Gasteiger partial charge >= 0.3 is 0 Å². The lowest BCUT2D eigenvalue weighted by Crippen LogP contribution is -2.10. The van der Waals surface area contributed by atoms with Crippen molar-refractivity contribution in [2.75, 3.05) is 4.90 Å². The van der Waals surface area contributed by atoms with Gasteiger partial charge in [0.2, 0.25) is 0 Å². The molecule has 0 spiro atoms. The lowest BCUT2D eigenvalue weighted by Gasteiger charge is -2.27. The van der Waals surface area contributed by atoms with Gasteiger partial charge in [-0.05, 0) is 143 Å². The fourth-order valence-electron chi connectivity index (χ4n) is 9.12. The molecule has 0 heterocycles. The highest BCUT2D eigenvalue weighted by Gasteiger charge is 2.17. The van der Waals surface area contributed by atoms with Crippen LogP contribution in [0, 0.1) is 0 Å². The van der Waals surface area contributed by atoms with Gasteiger partial charge in [0, 0.05) is 17.1 Å². The van der Waals surface area contributed by atoms with Crippen molar-refractivity contribution < 1.29 is 0 Å². The minimum absolute atomic E-state index is 1.08. The number of benzene rings is 11. The predicted molar refractivity (Wildman–Crippen MR) is 269 cm³/mol. The number of hydrogen-bond donors (Lipinski definition) is 0. The van der Waals surface area contributed by atoms with E-state index in [-0.39, 0.29) is 0 Å². The first-order chi connectivity index (χ1) is 31.2. The number of nitrogens with zero attached hydrogens (tertiary/aromatic N) is 1. The Balaban J connectivity index is 1.02. The highest BCUT2D eigenvalue weighted by Crippen LogP contribution is 2.42. The molecule has 0 unspecified atom stereocenters. The van der Waals surface area contributed by atoms with E-state index in [9.17, 15) is 0 Å². The number of anilines is 3. The molecule has 1 heteroatoms. The van der Waals surface area contributed by atoms with Crippen molar-refractivity contribution in [3.05, 3.63) is 261 Å². The molecule has 0 radical (unpaired) electrons. The van der Waals surface area contributed by atoms with Crippen LogP contribution in [0.3, 0.4) is 0 Å². The summed E-state index contributed by atoms with van der Waals surface area (Å²) in [7, 11) is 0. The van der Waals surface area contributed by atoms with Gasteiger partial charge in [0.15, 0.2) is 0 Å². The van der Waals surface area contributed by atoms with Crippen LogP contribution in [-0.2, 0) is 0 Å². The van der Waals surface area contributed by atoms with Crippen LogP contribution in [0.5, 0.6) is 0 Å². The molecule has 11 aromatic rings. The van der Waals surface area contributed by atoms with Crippen LogP contribution in [-0.4, -0.2) is 0 Å². The molecule has 11 aromatic carbocycles. The summed E-state index contributed by atoms with van der Waals surface area (Å²) in [5, 5.41) is 5.03. The molecule has 11 rings (SSSR count). The van der Waals surface area contributed by atoms with E-state index in [0.717, 1.165) is 17.1 Å². The Kier molecular flexibility index (Phi) is 9.97. The molecule has 63 heavy (non-hydrogen) atoms. The standard InChI is InChI=1S/C62H43N/c1-4-16-44(17-5-1)49-23-14-24-50(40-49)46-30-35-54(36-31-46)63(56-26-15-25-52(41-56)62-43-53-22-10-11-27-57(53)59-28-12-13-29-60(59)62)55-37-32-48(33-38-55)58-39-34-51(45-18-6-2-7-19-45)42-61(58)47-20-8-3-9-21-47/h1-43H. The van der Waals surface area contributed by atoms with Gasteiger partial charge in [-0.1, -0.05) is 206 Å². The Labute approximate surface area is 369 Å². The first-order valence-corrected chi connectivity index (χ1v) is 21.7. The minimum atomic E-state index is 1.08. The van der Waals surface area contributed by atoms with E-state index in [0.29, 0.717) is 0 Å². The largest absolute Gasteiger partial charge is 0.310 e. The average Bonchev–Trinajstić information content (AvgIpc) is 3.37. The Hall–Kier alpha value is -8.26. The third kappa shape index (κ3) is 7.47. The van der Waals surface area contributed by atoms with Crippen molar-refractivity contribution in [3.8, 4) is 66.8 Å². The lowest BCUT2D eigenvalue weighted by molar-refractivity contribution is 1.28. The van der Waals surface area contributed by atoms with Crippen LogP contribution >= 0.6 is 0 Å². The first-order valence-electron chi connectivity index (χ1n) is 21.7. The van der Waals surface area contributed by atoms with E-state index in [1.165, 1.54) is 88.3 Å². The highest BCUT2D eigenvalue weighted by molar-refractivity contribution is 6.14. The summed E-state index contributed by atoms with van der Waals surface area (Å²) in [5.41, 5.74) is 17.6. The van der Waals surface area contributed by atoms with E-state index in [1.807, 2.05) is 0 Å².